The van der Waals surface area contributed by atoms with E-state index in [1.807, 2.05) is 6.07 Å². The number of anilines is 1. The van der Waals surface area contributed by atoms with Gasteiger partial charge in [0.25, 0.3) is 5.91 Å². The second kappa shape index (κ2) is 7.57. The molecule has 9 heteroatoms. The molecule has 2 bridgehead atoms. The Morgan fingerprint density at radius 1 is 1.11 bits per heavy atom. The summed E-state index contributed by atoms with van der Waals surface area (Å²) < 4.78 is 17.5. The van der Waals surface area contributed by atoms with E-state index in [1.54, 1.807) is 24.3 Å². The first-order valence-electron chi connectivity index (χ1n) is 13.5. The summed E-state index contributed by atoms with van der Waals surface area (Å²) in [4.78, 5) is 16.0. The number of likely N-dealkylation sites (tertiary alicyclic amines) is 1. The summed E-state index contributed by atoms with van der Waals surface area (Å²) in [5, 5.41) is 37.8. The number of piperidine rings is 1. The standard InChI is InChI=1S/C29H30N2O7/c32-19-5-3-16-11-22-29(35)13-18(27(34)30-17-4-6-20-21(12-17)37-10-9-36-20)24(33)26-28(29,23(16)25(19)38-26)7-8-31(22)14-15-1-2-15/h3-6,12,15,22,26,32-33,35H,1-2,7-11,13-14H2,(H,30,34)/t22-,26+,28+,29-/m1/s1. The van der Waals surface area contributed by atoms with Crippen molar-refractivity contribution in [2.75, 3.05) is 31.6 Å². The van der Waals surface area contributed by atoms with Crippen LogP contribution in [0.1, 0.15) is 36.8 Å². The largest absolute Gasteiger partial charge is 0.508 e. The Kier molecular flexibility index (Phi) is 4.49. The number of phenols is 1. The van der Waals surface area contributed by atoms with Gasteiger partial charge in [0.15, 0.2) is 29.1 Å². The lowest BCUT2D eigenvalue weighted by molar-refractivity contribution is -0.172. The highest BCUT2D eigenvalue weighted by atomic mass is 16.6. The molecule has 38 heavy (non-hydrogen) atoms. The summed E-state index contributed by atoms with van der Waals surface area (Å²) in [5.41, 5.74) is 0.170. The van der Waals surface area contributed by atoms with Crippen molar-refractivity contribution in [3.63, 3.8) is 0 Å². The van der Waals surface area contributed by atoms with Crippen LogP contribution in [0.25, 0.3) is 0 Å². The second-order valence-corrected chi connectivity index (χ2v) is 11.6. The van der Waals surface area contributed by atoms with E-state index in [-0.39, 0.29) is 29.5 Å². The summed E-state index contributed by atoms with van der Waals surface area (Å²) in [6.07, 6.45) is 2.63. The number of nitrogens with zero attached hydrogens (tertiary/aromatic N) is 1. The van der Waals surface area contributed by atoms with Crippen LogP contribution in [-0.2, 0) is 16.6 Å². The first kappa shape index (κ1) is 22.5. The number of hydrogen-bond acceptors (Lipinski definition) is 8. The van der Waals surface area contributed by atoms with Crippen LogP contribution in [0.3, 0.4) is 0 Å². The number of nitrogens with one attached hydrogen (secondary N) is 1. The molecule has 0 aromatic heterocycles. The Balaban J connectivity index is 1.21. The minimum Gasteiger partial charge on any atom is -0.508 e. The van der Waals surface area contributed by atoms with E-state index in [9.17, 15) is 20.1 Å². The molecule has 1 amide bonds. The van der Waals surface area contributed by atoms with Gasteiger partial charge in [-0.15, -0.1) is 0 Å². The average Bonchev–Trinajstić information content (AvgIpc) is 3.65. The Morgan fingerprint density at radius 2 is 1.92 bits per heavy atom. The number of amides is 1. The highest BCUT2D eigenvalue weighted by Gasteiger charge is 2.73. The highest BCUT2D eigenvalue weighted by Crippen LogP contribution is 2.66. The molecule has 3 aliphatic heterocycles. The summed E-state index contributed by atoms with van der Waals surface area (Å²) in [6, 6.07) is 8.48. The Labute approximate surface area is 219 Å². The van der Waals surface area contributed by atoms with E-state index in [1.165, 1.54) is 12.8 Å². The third-order valence-electron chi connectivity index (χ3n) is 9.59. The Bertz CT molecular complexity index is 1420. The van der Waals surface area contributed by atoms with Gasteiger partial charge < -0.3 is 34.8 Å². The van der Waals surface area contributed by atoms with Crippen LogP contribution in [0.15, 0.2) is 41.7 Å². The zero-order valence-corrected chi connectivity index (χ0v) is 20.9. The van der Waals surface area contributed by atoms with Crippen LogP contribution in [-0.4, -0.2) is 70.2 Å². The zero-order valence-electron chi connectivity index (χ0n) is 20.9. The van der Waals surface area contributed by atoms with E-state index in [4.69, 9.17) is 14.2 Å². The van der Waals surface area contributed by atoms with E-state index in [0.717, 1.165) is 24.2 Å². The molecule has 6 aliphatic rings. The molecule has 4 atom stereocenters. The van der Waals surface area contributed by atoms with Crippen LogP contribution in [0.4, 0.5) is 5.69 Å². The smallest absolute Gasteiger partial charge is 0.255 e. The molecule has 4 N–H and O–H groups in total. The molecule has 0 radical (unpaired) electrons. The number of carbonyl (C=O) groups is 1. The molecule has 2 fully saturated rings. The Morgan fingerprint density at radius 3 is 2.74 bits per heavy atom. The van der Waals surface area contributed by atoms with Crippen molar-refractivity contribution in [2.24, 2.45) is 5.92 Å². The number of ether oxygens (including phenoxy) is 3. The number of carbonyl (C=O) groups excluding carboxylic acids is 1. The molecule has 2 aromatic carbocycles. The maximum atomic E-state index is 13.6. The van der Waals surface area contributed by atoms with Crippen molar-refractivity contribution < 1.29 is 34.3 Å². The zero-order chi connectivity index (χ0) is 25.8. The summed E-state index contributed by atoms with van der Waals surface area (Å²) in [5.74, 6) is 1.44. The van der Waals surface area contributed by atoms with Gasteiger partial charge in [0.1, 0.15) is 19.0 Å². The Hall–Kier alpha value is -3.43. The molecule has 1 saturated carbocycles. The van der Waals surface area contributed by atoms with Gasteiger partial charge in [-0.1, -0.05) is 6.07 Å². The molecule has 3 aliphatic carbocycles. The molecule has 198 valence electrons. The molecule has 1 spiro atoms. The van der Waals surface area contributed by atoms with Crippen LogP contribution in [0.2, 0.25) is 0 Å². The molecule has 1 saturated heterocycles. The molecule has 2 aromatic rings. The number of fused-ring (bicyclic) bond motifs is 1. The second-order valence-electron chi connectivity index (χ2n) is 11.6. The lowest BCUT2D eigenvalue weighted by Crippen LogP contribution is -2.75. The summed E-state index contributed by atoms with van der Waals surface area (Å²) in [7, 11) is 0. The number of aliphatic hydroxyl groups excluding tert-OH is 1. The average molecular weight is 519 g/mol. The molecular weight excluding hydrogens is 488 g/mol. The van der Waals surface area contributed by atoms with Crippen molar-refractivity contribution in [1.82, 2.24) is 4.90 Å². The SMILES string of the molecule is O=C(Nc1ccc2c(c1)OCCO2)C1=C(O)[C@@H]2Oc3c(O)ccc4c3[C@@]23CCN(CC2CC2)[C@H](C4)[C@]3(O)C1. The van der Waals surface area contributed by atoms with E-state index in [2.05, 4.69) is 10.2 Å². The van der Waals surface area contributed by atoms with Gasteiger partial charge in [-0.3, -0.25) is 9.69 Å². The third kappa shape index (κ3) is 2.86. The minimum absolute atomic E-state index is 0.00452. The summed E-state index contributed by atoms with van der Waals surface area (Å²) in [6.45, 7) is 2.59. The number of hydrogen-bond donors (Lipinski definition) is 4. The fourth-order valence-corrected chi connectivity index (χ4v) is 7.70. The van der Waals surface area contributed by atoms with Gasteiger partial charge in [-0.2, -0.15) is 0 Å². The topological polar surface area (TPSA) is 121 Å². The first-order chi connectivity index (χ1) is 18.4. The van der Waals surface area contributed by atoms with Gasteiger partial charge >= 0.3 is 0 Å². The fraction of sp³-hybridized carbons (Fsp3) is 0.483. The molecule has 8 rings (SSSR count). The quantitative estimate of drug-likeness (QED) is 0.488. The number of benzene rings is 2. The normalized spacial score (nSPS) is 32.4. The predicted octanol–water partition coefficient (Wildman–Crippen LogP) is 2.79. The van der Waals surface area contributed by atoms with Crippen molar-refractivity contribution in [1.29, 1.82) is 0 Å². The highest BCUT2D eigenvalue weighted by molar-refractivity contribution is 6.05. The van der Waals surface area contributed by atoms with Crippen LogP contribution in [0, 0.1) is 5.92 Å². The fourth-order valence-electron chi connectivity index (χ4n) is 7.70. The van der Waals surface area contributed by atoms with Crippen molar-refractivity contribution in [2.45, 2.75) is 55.3 Å². The van der Waals surface area contributed by atoms with Crippen LogP contribution in [0.5, 0.6) is 23.0 Å². The third-order valence-corrected chi connectivity index (χ3v) is 9.59. The molecule has 0 unspecified atom stereocenters. The maximum Gasteiger partial charge on any atom is 0.255 e. The van der Waals surface area contributed by atoms with E-state index >= 15 is 0 Å². The van der Waals surface area contributed by atoms with E-state index < -0.39 is 23.0 Å². The van der Waals surface area contributed by atoms with Crippen molar-refractivity contribution >= 4 is 11.6 Å². The molecule has 3 heterocycles. The van der Waals surface area contributed by atoms with Crippen LogP contribution < -0.4 is 19.5 Å². The van der Waals surface area contributed by atoms with Crippen molar-refractivity contribution in [3.05, 3.63) is 52.8 Å². The molecule has 9 nitrogen and oxygen atoms in total. The predicted molar refractivity (Wildman–Crippen MR) is 136 cm³/mol. The number of phenolic OH excluding ortho intramolecular Hbond substituents is 1. The number of rotatable bonds is 4. The van der Waals surface area contributed by atoms with Crippen LogP contribution >= 0.6 is 0 Å². The number of aliphatic hydroxyl groups is 2. The monoisotopic (exact) mass is 518 g/mol. The van der Waals surface area contributed by atoms with Crippen molar-refractivity contribution in [3.8, 4) is 23.0 Å². The van der Waals surface area contributed by atoms with Gasteiger partial charge in [0.2, 0.25) is 0 Å². The molecular formula is C29H30N2O7. The lowest BCUT2D eigenvalue weighted by Gasteiger charge is -2.62. The minimum atomic E-state index is -1.34. The van der Waals surface area contributed by atoms with E-state index in [0.29, 0.717) is 54.9 Å². The van der Waals surface area contributed by atoms with Gasteiger partial charge in [0.05, 0.1) is 16.6 Å². The number of aromatic hydroxyl groups is 1. The lowest BCUT2D eigenvalue weighted by atomic mass is 9.49. The van der Waals surface area contributed by atoms with Gasteiger partial charge in [-0.05, 0) is 61.9 Å². The summed E-state index contributed by atoms with van der Waals surface area (Å²) >= 11 is 0. The van der Waals surface area contributed by atoms with Gasteiger partial charge in [0, 0.05) is 36.3 Å². The van der Waals surface area contributed by atoms with Gasteiger partial charge in [-0.25, -0.2) is 0 Å². The maximum absolute atomic E-state index is 13.6. The first-order valence-corrected chi connectivity index (χ1v) is 13.5.